The highest BCUT2D eigenvalue weighted by atomic mass is 32.2. The van der Waals surface area contributed by atoms with Gasteiger partial charge in [0, 0.05) is 18.5 Å². The van der Waals surface area contributed by atoms with Crippen LogP contribution in [0.3, 0.4) is 0 Å². The minimum atomic E-state index is -4.01. The first-order valence-corrected chi connectivity index (χ1v) is 9.42. The molecule has 0 atom stereocenters. The van der Waals surface area contributed by atoms with Gasteiger partial charge in [0.15, 0.2) is 5.78 Å². The van der Waals surface area contributed by atoms with Crippen LogP contribution >= 0.6 is 0 Å². The van der Waals surface area contributed by atoms with Crippen molar-refractivity contribution in [2.24, 2.45) is 0 Å². The number of anilines is 1. The van der Waals surface area contributed by atoms with E-state index in [2.05, 4.69) is 4.72 Å². The van der Waals surface area contributed by atoms with Crippen molar-refractivity contribution in [1.29, 1.82) is 0 Å². The van der Waals surface area contributed by atoms with E-state index >= 15 is 0 Å². The van der Waals surface area contributed by atoms with Crippen molar-refractivity contribution in [1.82, 2.24) is 4.72 Å². The maximum absolute atomic E-state index is 12.6. The van der Waals surface area contributed by atoms with Crippen LogP contribution in [0.15, 0.2) is 47.4 Å². The SMILES string of the molecule is COc1ccc2c(c1)C(=O)CCN2C(=O)NS(=O)(=O)c1ccc(C)cc1. The van der Waals surface area contributed by atoms with Crippen molar-refractivity contribution >= 4 is 27.5 Å². The zero-order valence-corrected chi connectivity index (χ0v) is 15.2. The van der Waals surface area contributed by atoms with Gasteiger partial charge in [0.2, 0.25) is 0 Å². The average molecular weight is 374 g/mol. The van der Waals surface area contributed by atoms with E-state index < -0.39 is 16.1 Å². The van der Waals surface area contributed by atoms with Crippen molar-refractivity contribution in [2.45, 2.75) is 18.2 Å². The van der Waals surface area contributed by atoms with E-state index in [1.807, 2.05) is 6.92 Å². The number of ketones is 1. The zero-order chi connectivity index (χ0) is 18.9. The molecule has 0 fully saturated rings. The molecular formula is C18H18N2O5S. The van der Waals surface area contributed by atoms with Crippen LogP contribution < -0.4 is 14.4 Å². The minimum absolute atomic E-state index is 0.000472. The Morgan fingerprint density at radius 2 is 1.85 bits per heavy atom. The highest BCUT2D eigenvalue weighted by Crippen LogP contribution is 2.30. The van der Waals surface area contributed by atoms with Crippen molar-refractivity contribution in [3.8, 4) is 5.75 Å². The van der Waals surface area contributed by atoms with Crippen LogP contribution in [0.5, 0.6) is 5.75 Å². The number of hydrogen-bond donors (Lipinski definition) is 1. The number of methoxy groups -OCH3 is 1. The molecule has 0 aromatic heterocycles. The summed E-state index contributed by atoms with van der Waals surface area (Å²) < 4.78 is 32.0. The Bertz CT molecular complexity index is 968. The van der Waals surface area contributed by atoms with E-state index in [1.165, 1.54) is 24.1 Å². The predicted molar refractivity (Wildman–Crippen MR) is 96.2 cm³/mol. The van der Waals surface area contributed by atoms with Crippen LogP contribution in [0, 0.1) is 6.92 Å². The maximum Gasteiger partial charge on any atom is 0.335 e. The number of sulfonamides is 1. The molecule has 0 bridgehead atoms. The van der Waals surface area contributed by atoms with Gasteiger partial charge in [-0.25, -0.2) is 17.9 Å². The van der Waals surface area contributed by atoms with Crippen molar-refractivity contribution in [3.63, 3.8) is 0 Å². The van der Waals surface area contributed by atoms with Gasteiger partial charge in [0.25, 0.3) is 10.0 Å². The summed E-state index contributed by atoms with van der Waals surface area (Å²) in [6.07, 6.45) is 0.109. The van der Waals surface area contributed by atoms with Crippen LogP contribution in [0.2, 0.25) is 0 Å². The van der Waals surface area contributed by atoms with Gasteiger partial charge in [0.05, 0.1) is 17.7 Å². The molecule has 1 aliphatic heterocycles. The van der Waals surface area contributed by atoms with Crippen molar-refractivity contribution in [3.05, 3.63) is 53.6 Å². The molecular weight excluding hydrogens is 356 g/mol. The Balaban J connectivity index is 1.88. The van der Waals surface area contributed by atoms with Crippen molar-refractivity contribution in [2.75, 3.05) is 18.6 Å². The van der Waals surface area contributed by atoms with E-state index in [0.717, 1.165) is 5.56 Å². The van der Waals surface area contributed by atoms with Gasteiger partial charge in [-0.05, 0) is 37.3 Å². The largest absolute Gasteiger partial charge is 0.497 e. The molecule has 0 radical (unpaired) electrons. The fraction of sp³-hybridized carbons (Fsp3) is 0.222. The number of amides is 2. The molecule has 0 unspecified atom stereocenters. The summed E-state index contributed by atoms with van der Waals surface area (Å²) in [5.74, 6) is 0.371. The molecule has 2 amide bonds. The first-order valence-electron chi connectivity index (χ1n) is 7.94. The van der Waals surface area contributed by atoms with E-state index in [0.29, 0.717) is 17.0 Å². The monoisotopic (exact) mass is 374 g/mol. The summed E-state index contributed by atoms with van der Waals surface area (Å²) in [6.45, 7) is 1.94. The Labute approximate surface area is 151 Å². The number of aryl methyl sites for hydroxylation is 1. The van der Waals surface area contributed by atoms with Crippen LogP contribution in [-0.2, 0) is 10.0 Å². The van der Waals surface area contributed by atoms with Gasteiger partial charge in [-0.1, -0.05) is 17.7 Å². The Kier molecular flexibility index (Phi) is 4.69. The fourth-order valence-corrected chi connectivity index (χ4v) is 3.68. The first-order chi connectivity index (χ1) is 12.3. The molecule has 26 heavy (non-hydrogen) atoms. The molecule has 136 valence electrons. The third-order valence-electron chi connectivity index (χ3n) is 4.16. The number of nitrogens with one attached hydrogen (secondary N) is 1. The Hall–Kier alpha value is -2.87. The summed E-state index contributed by atoms with van der Waals surface area (Å²) in [5.41, 5.74) is 1.60. The second kappa shape index (κ2) is 6.80. The lowest BCUT2D eigenvalue weighted by Gasteiger charge is -2.28. The van der Waals surface area contributed by atoms with E-state index in [1.54, 1.807) is 30.3 Å². The van der Waals surface area contributed by atoms with E-state index in [4.69, 9.17) is 4.74 Å². The lowest BCUT2D eigenvalue weighted by Crippen LogP contribution is -2.46. The maximum atomic E-state index is 12.6. The summed E-state index contributed by atoms with van der Waals surface area (Å²) in [5, 5.41) is 0. The number of urea groups is 1. The number of carbonyl (C=O) groups excluding carboxylic acids is 2. The normalized spacial score (nSPS) is 13.9. The van der Waals surface area contributed by atoms with Gasteiger partial charge in [0.1, 0.15) is 5.75 Å². The molecule has 3 rings (SSSR count). The predicted octanol–water partition coefficient (Wildman–Crippen LogP) is 2.49. The third-order valence-corrected chi connectivity index (χ3v) is 5.49. The minimum Gasteiger partial charge on any atom is -0.497 e. The van der Waals surface area contributed by atoms with Crippen LogP contribution in [0.4, 0.5) is 10.5 Å². The zero-order valence-electron chi connectivity index (χ0n) is 14.4. The number of rotatable bonds is 3. The molecule has 0 saturated carbocycles. The lowest BCUT2D eigenvalue weighted by atomic mass is 10.0. The first kappa shape index (κ1) is 17.9. The highest BCUT2D eigenvalue weighted by molar-refractivity contribution is 7.90. The summed E-state index contributed by atoms with van der Waals surface area (Å²) in [4.78, 5) is 26.0. The van der Waals surface area contributed by atoms with Crippen molar-refractivity contribution < 1.29 is 22.7 Å². The third kappa shape index (κ3) is 3.41. The smallest absolute Gasteiger partial charge is 0.335 e. The molecule has 1 heterocycles. The number of Topliss-reactive ketones (excluding diaryl/α,β-unsaturated/α-hetero) is 1. The molecule has 7 nitrogen and oxygen atoms in total. The molecule has 1 N–H and O–H groups in total. The Morgan fingerprint density at radius 1 is 1.15 bits per heavy atom. The van der Waals surface area contributed by atoms with Gasteiger partial charge in [-0.3, -0.25) is 9.69 Å². The molecule has 2 aromatic carbocycles. The second-order valence-electron chi connectivity index (χ2n) is 5.93. The average Bonchev–Trinajstić information content (AvgIpc) is 2.61. The molecule has 8 heteroatoms. The molecule has 0 aliphatic carbocycles. The molecule has 0 spiro atoms. The fourth-order valence-electron chi connectivity index (χ4n) is 2.73. The standard InChI is InChI=1S/C18H18N2O5S/c1-12-3-6-14(7-4-12)26(23,24)19-18(22)20-10-9-17(21)15-11-13(25-2)5-8-16(15)20/h3-8,11H,9-10H2,1-2H3,(H,19,22). The number of nitrogens with zero attached hydrogens (tertiary/aromatic N) is 1. The summed E-state index contributed by atoms with van der Waals surface area (Å²) >= 11 is 0. The van der Waals surface area contributed by atoms with Gasteiger partial charge in [-0.15, -0.1) is 0 Å². The Morgan fingerprint density at radius 3 is 2.50 bits per heavy atom. The second-order valence-corrected chi connectivity index (χ2v) is 7.61. The summed E-state index contributed by atoms with van der Waals surface area (Å²) in [6, 6.07) is 10.1. The van der Waals surface area contributed by atoms with Gasteiger partial charge < -0.3 is 4.74 Å². The highest BCUT2D eigenvalue weighted by Gasteiger charge is 2.30. The molecule has 1 aliphatic rings. The molecule has 2 aromatic rings. The van der Waals surface area contributed by atoms with Crippen LogP contribution in [-0.4, -0.2) is 33.9 Å². The number of carbonyl (C=O) groups is 2. The number of fused-ring (bicyclic) bond motifs is 1. The van der Waals surface area contributed by atoms with E-state index in [9.17, 15) is 18.0 Å². The summed E-state index contributed by atoms with van der Waals surface area (Å²) in [7, 11) is -2.53. The van der Waals surface area contributed by atoms with Gasteiger partial charge >= 0.3 is 6.03 Å². The number of hydrogen-bond acceptors (Lipinski definition) is 5. The molecule has 0 saturated heterocycles. The van der Waals surface area contributed by atoms with Crippen LogP contribution in [0.25, 0.3) is 0 Å². The van der Waals surface area contributed by atoms with E-state index in [-0.39, 0.29) is 23.6 Å². The topological polar surface area (TPSA) is 92.8 Å². The van der Waals surface area contributed by atoms with Gasteiger partial charge in [-0.2, -0.15) is 0 Å². The number of ether oxygens (including phenoxy) is 1. The lowest BCUT2D eigenvalue weighted by molar-refractivity contribution is 0.0980. The number of benzene rings is 2. The quantitative estimate of drug-likeness (QED) is 0.891. The van der Waals surface area contributed by atoms with Crippen LogP contribution in [0.1, 0.15) is 22.3 Å².